The summed E-state index contributed by atoms with van der Waals surface area (Å²) in [6.07, 6.45) is 0.0806. The molecule has 0 spiro atoms. The van der Waals surface area contributed by atoms with Crippen molar-refractivity contribution < 1.29 is 19.1 Å². The van der Waals surface area contributed by atoms with E-state index in [1.807, 2.05) is 30.3 Å². The maximum Gasteiger partial charge on any atom is 0.309 e. The predicted octanol–water partition coefficient (Wildman–Crippen LogP) is 3.40. The standard InChI is InChI=1S/C17H16BrNO4/c18-14-8-4-5-9-15(14)19-16(20)12-23-17(21)10-11-22-13-6-2-1-3-7-13/h1-9H,10-12H2,(H,19,20). The largest absolute Gasteiger partial charge is 0.493 e. The Morgan fingerprint density at radius 2 is 1.70 bits per heavy atom. The molecule has 0 aliphatic rings. The van der Waals surface area contributed by atoms with E-state index in [9.17, 15) is 9.59 Å². The van der Waals surface area contributed by atoms with Crippen LogP contribution in [0.5, 0.6) is 5.75 Å². The Hall–Kier alpha value is -2.34. The highest BCUT2D eigenvalue weighted by atomic mass is 79.9. The van der Waals surface area contributed by atoms with Gasteiger partial charge in [-0.2, -0.15) is 0 Å². The van der Waals surface area contributed by atoms with Crippen LogP contribution in [0.3, 0.4) is 0 Å². The lowest BCUT2D eigenvalue weighted by atomic mass is 10.3. The summed E-state index contributed by atoms with van der Waals surface area (Å²) >= 11 is 3.32. The zero-order valence-electron chi connectivity index (χ0n) is 12.3. The fourth-order valence-corrected chi connectivity index (χ4v) is 2.12. The number of hydrogen-bond donors (Lipinski definition) is 1. The number of rotatable bonds is 7. The number of carbonyl (C=O) groups excluding carboxylic acids is 2. The summed E-state index contributed by atoms with van der Waals surface area (Å²) in [5.74, 6) is -0.190. The van der Waals surface area contributed by atoms with Gasteiger partial charge in [0.25, 0.3) is 5.91 Å². The normalized spacial score (nSPS) is 9.96. The van der Waals surface area contributed by atoms with Crippen molar-refractivity contribution in [1.82, 2.24) is 0 Å². The first kappa shape index (κ1) is 17.0. The molecule has 1 N–H and O–H groups in total. The average molecular weight is 378 g/mol. The number of benzene rings is 2. The van der Waals surface area contributed by atoms with E-state index < -0.39 is 11.9 Å². The summed E-state index contributed by atoms with van der Waals surface area (Å²) in [7, 11) is 0. The molecule has 0 aliphatic carbocycles. The van der Waals surface area contributed by atoms with Crippen LogP contribution in [0.1, 0.15) is 6.42 Å². The topological polar surface area (TPSA) is 64.6 Å². The van der Waals surface area contributed by atoms with Gasteiger partial charge < -0.3 is 14.8 Å². The Morgan fingerprint density at radius 3 is 2.43 bits per heavy atom. The molecule has 0 aliphatic heterocycles. The Balaban J connectivity index is 1.66. The van der Waals surface area contributed by atoms with Crippen molar-refractivity contribution in [1.29, 1.82) is 0 Å². The van der Waals surface area contributed by atoms with E-state index in [1.165, 1.54) is 0 Å². The number of para-hydroxylation sites is 2. The van der Waals surface area contributed by atoms with Gasteiger partial charge in [-0.25, -0.2) is 0 Å². The fourth-order valence-electron chi connectivity index (χ4n) is 1.74. The third-order valence-electron chi connectivity index (χ3n) is 2.83. The number of halogens is 1. The molecule has 0 atom stereocenters. The molecule has 2 aromatic carbocycles. The molecule has 0 aromatic heterocycles. The van der Waals surface area contributed by atoms with Crippen LogP contribution in [0.15, 0.2) is 59.1 Å². The Labute approximate surface area is 142 Å². The second-order valence-electron chi connectivity index (χ2n) is 4.60. The molecule has 0 saturated carbocycles. The van der Waals surface area contributed by atoms with Crippen molar-refractivity contribution in [3.05, 3.63) is 59.1 Å². The monoisotopic (exact) mass is 377 g/mol. The first-order chi connectivity index (χ1) is 11.1. The number of carbonyl (C=O) groups is 2. The first-order valence-electron chi connectivity index (χ1n) is 7.03. The number of nitrogens with one attached hydrogen (secondary N) is 1. The van der Waals surface area contributed by atoms with Crippen molar-refractivity contribution in [2.24, 2.45) is 0 Å². The van der Waals surface area contributed by atoms with Crippen LogP contribution in [-0.4, -0.2) is 25.1 Å². The summed E-state index contributed by atoms with van der Waals surface area (Å²) in [6, 6.07) is 16.4. The Morgan fingerprint density at radius 1 is 1.00 bits per heavy atom. The lowest BCUT2D eigenvalue weighted by Crippen LogP contribution is -2.21. The van der Waals surface area contributed by atoms with Crippen molar-refractivity contribution >= 4 is 33.5 Å². The molecule has 0 bridgehead atoms. The molecule has 0 heterocycles. The van der Waals surface area contributed by atoms with Gasteiger partial charge >= 0.3 is 5.97 Å². The molecule has 23 heavy (non-hydrogen) atoms. The number of amides is 1. The molecule has 2 aromatic rings. The van der Waals surface area contributed by atoms with Crippen LogP contribution in [-0.2, 0) is 14.3 Å². The third kappa shape index (κ3) is 6.12. The SMILES string of the molecule is O=C(COC(=O)CCOc1ccccc1)Nc1ccccc1Br. The molecule has 6 heteroatoms. The highest BCUT2D eigenvalue weighted by Crippen LogP contribution is 2.20. The first-order valence-corrected chi connectivity index (χ1v) is 7.82. The van der Waals surface area contributed by atoms with Gasteiger partial charge in [-0.15, -0.1) is 0 Å². The zero-order chi connectivity index (χ0) is 16.5. The predicted molar refractivity (Wildman–Crippen MR) is 90.3 cm³/mol. The fraction of sp³-hybridized carbons (Fsp3) is 0.176. The molecule has 0 radical (unpaired) electrons. The highest BCUT2D eigenvalue weighted by molar-refractivity contribution is 9.10. The summed E-state index contributed by atoms with van der Waals surface area (Å²) in [6.45, 7) is -0.125. The van der Waals surface area contributed by atoms with Crippen LogP contribution in [0.25, 0.3) is 0 Å². The van der Waals surface area contributed by atoms with Gasteiger partial charge in [-0.05, 0) is 40.2 Å². The zero-order valence-corrected chi connectivity index (χ0v) is 13.9. The van der Waals surface area contributed by atoms with E-state index in [4.69, 9.17) is 9.47 Å². The average Bonchev–Trinajstić information content (AvgIpc) is 2.56. The van der Waals surface area contributed by atoms with Crippen LogP contribution in [0.2, 0.25) is 0 Å². The van der Waals surface area contributed by atoms with E-state index in [1.54, 1.807) is 24.3 Å². The lowest BCUT2D eigenvalue weighted by Gasteiger charge is -2.08. The van der Waals surface area contributed by atoms with Gasteiger partial charge in [-0.3, -0.25) is 9.59 Å². The highest BCUT2D eigenvalue weighted by Gasteiger charge is 2.09. The van der Waals surface area contributed by atoms with Gasteiger partial charge in [0, 0.05) is 4.47 Å². The van der Waals surface area contributed by atoms with Crippen LogP contribution < -0.4 is 10.1 Å². The van der Waals surface area contributed by atoms with E-state index in [0.717, 1.165) is 4.47 Å². The van der Waals surface area contributed by atoms with E-state index in [2.05, 4.69) is 21.2 Å². The van der Waals surface area contributed by atoms with E-state index in [0.29, 0.717) is 11.4 Å². The molecule has 1 amide bonds. The maximum atomic E-state index is 11.7. The van der Waals surface area contributed by atoms with Crippen molar-refractivity contribution in [3.63, 3.8) is 0 Å². The van der Waals surface area contributed by atoms with Gasteiger partial charge in [0.05, 0.1) is 18.7 Å². The van der Waals surface area contributed by atoms with Gasteiger partial charge in [-0.1, -0.05) is 30.3 Å². The van der Waals surface area contributed by atoms with Gasteiger partial charge in [0.2, 0.25) is 0 Å². The minimum Gasteiger partial charge on any atom is -0.493 e. The summed E-state index contributed by atoms with van der Waals surface area (Å²) in [5, 5.41) is 2.65. The van der Waals surface area contributed by atoms with Gasteiger partial charge in [0.1, 0.15) is 5.75 Å². The number of ether oxygens (including phenoxy) is 2. The van der Waals surface area contributed by atoms with Crippen molar-refractivity contribution in [2.75, 3.05) is 18.5 Å². The quantitative estimate of drug-likeness (QED) is 0.751. The van der Waals surface area contributed by atoms with Crippen molar-refractivity contribution in [2.45, 2.75) is 6.42 Å². The maximum absolute atomic E-state index is 11.7. The molecule has 5 nitrogen and oxygen atoms in total. The molecular formula is C17H16BrNO4. The van der Waals surface area contributed by atoms with Crippen LogP contribution in [0, 0.1) is 0 Å². The summed E-state index contributed by atoms with van der Waals surface area (Å²) in [4.78, 5) is 23.3. The molecule has 0 unspecified atom stereocenters. The van der Waals surface area contributed by atoms with Gasteiger partial charge in [0.15, 0.2) is 6.61 Å². The summed E-state index contributed by atoms with van der Waals surface area (Å²) < 4.78 is 11.1. The third-order valence-corrected chi connectivity index (χ3v) is 3.52. The Kier molecular flexibility index (Phi) is 6.62. The smallest absolute Gasteiger partial charge is 0.309 e. The van der Waals surface area contributed by atoms with Crippen LogP contribution in [0.4, 0.5) is 5.69 Å². The number of hydrogen-bond acceptors (Lipinski definition) is 4. The Bertz CT molecular complexity index is 661. The molecular weight excluding hydrogens is 362 g/mol. The minimum absolute atomic E-state index is 0.0806. The van der Waals surface area contributed by atoms with E-state index >= 15 is 0 Å². The molecule has 0 fully saturated rings. The summed E-state index contributed by atoms with van der Waals surface area (Å²) in [5.41, 5.74) is 0.626. The van der Waals surface area contributed by atoms with E-state index in [-0.39, 0.29) is 19.6 Å². The molecule has 120 valence electrons. The molecule has 0 saturated heterocycles. The van der Waals surface area contributed by atoms with Crippen LogP contribution >= 0.6 is 15.9 Å². The minimum atomic E-state index is -0.483. The second kappa shape index (κ2) is 8.95. The van der Waals surface area contributed by atoms with Crippen molar-refractivity contribution in [3.8, 4) is 5.75 Å². The number of anilines is 1. The lowest BCUT2D eigenvalue weighted by molar-refractivity contribution is -0.147. The number of esters is 1. The molecule has 2 rings (SSSR count). The second-order valence-corrected chi connectivity index (χ2v) is 5.45.